The third-order valence-corrected chi connectivity index (χ3v) is 4.25. The van der Waals surface area contributed by atoms with E-state index < -0.39 is 0 Å². The summed E-state index contributed by atoms with van der Waals surface area (Å²) in [4.78, 5) is 2.40. The largest absolute Gasteiger partial charge is 0.395 e. The van der Waals surface area contributed by atoms with Crippen LogP contribution in [0.5, 0.6) is 0 Å². The summed E-state index contributed by atoms with van der Waals surface area (Å²) >= 11 is 6.05. The summed E-state index contributed by atoms with van der Waals surface area (Å²) in [7, 11) is 1.99. The summed E-state index contributed by atoms with van der Waals surface area (Å²) in [5.74, 6) is 0. The highest BCUT2D eigenvalue weighted by Gasteiger charge is 2.24. The summed E-state index contributed by atoms with van der Waals surface area (Å²) in [6.45, 7) is 2.40. The van der Waals surface area contributed by atoms with Gasteiger partial charge in [0.2, 0.25) is 0 Å². The smallest absolute Gasteiger partial charge is 0.0586 e. The summed E-state index contributed by atoms with van der Waals surface area (Å²) in [5, 5.41) is 13.5. The predicted octanol–water partition coefficient (Wildman–Crippen LogP) is 2.45. The summed E-state index contributed by atoms with van der Waals surface area (Å²) < 4.78 is 0. The average molecular weight is 283 g/mol. The van der Waals surface area contributed by atoms with Crippen molar-refractivity contribution in [3.05, 3.63) is 34.9 Å². The van der Waals surface area contributed by atoms with E-state index in [-0.39, 0.29) is 6.61 Å². The molecule has 1 aromatic carbocycles. The summed E-state index contributed by atoms with van der Waals surface area (Å²) in [6.07, 6.45) is 3.36. The van der Waals surface area contributed by atoms with Gasteiger partial charge in [-0.05, 0) is 50.6 Å². The first-order chi connectivity index (χ1) is 9.24. The molecule has 0 aromatic heterocycles. The monoisotopic (exact) mass is 282 g/mol. The predicted molar refractivity (Wildman–Crippen MR) is 79.6 cm³/mol. The number of halogens is 1. The third kappa shape index (κ3) is 3.93. The van der Waals surface area contributed by atoms with E-state index in [4.69, 9.17) is 11.6 Å². The Morgan fingerprint density at radius 1 is 1.53 bits per heavy atom. The van der Waals surface area contributed by atoms with Crippen LogP contribution in [0.4, 0.5) is 0 Å². The molecule has 0 spiro atoms. The Hall–Kier alpha value is -0.610. The van der Waals surface area contributed by atoms with Crippen molar-refractivity contribution in [3.63, 3.8) is 0 Å². The lowest BCUT2D eigenvalue weighted by Gasteiger charge is -2.25. The zero-order valence-corrected chi connectivity index (χ0v) is 12.2. The topological polar surface area (TPSA) is 35.5 Å². The Bertz CT molecular complexity index is 399. The van der Waals surface area contributed by atoms with Crippen LogP contribution in [0, 0.1) is 0 Å². The molecule has 2 rings (SSSR count). The Morgan fingerprint density at radius 3 is 3.05 bits per heavy atom. The molecule has 2 unspecified atom stereocenters. The van der Waals surface area contributed by atoms with Crippen molar-refractivity contribution in [2.24, 2.45) is 0 Å². The Morgan fingerprint density at radius 2 is 2.37 bits per heavy atom. The van der Waals surface area contributed by atoms with Gasteiger partial charge in [0.15, 0.2) is 0 Å². The highest BCUT2D eigenvalue weighted by atomic mass is 35.5. The van der Waals surface area contributed by atoms with Crippen LogP contribution < -0.4 is 5.32 Å². The summed E-state index contributed by atoms with van der Waals surface area (Å²) in [5.41, 5.74) is 1.23. The van der Waals surface area contributed by atoms with E-state index in [1.165, 1.54) is 12.0 Å². The van der Waals surface area contributed by atoms with Crippen molar-refractivity contribution >= 4 is 11.6 Å². The first kappa shape index (κ1) is 14.8. The zero-order chi connectivity index (χ0) is 13.7. The zero-order valence-electron chi connectivity index (χ0n) is 11.5. The van der Waals surface area contributed by atoms with Crippen LogP contribution in [0.15, 0.2) is 24.3 Å². The van der Waals surface area contributed by atoms with Crippen molar-refractivity contribution in [2.45, 2.75) is 31.3 Å². The highest BCUT2D eigenvalue weighted by Crippen LogP contribution is 2.23. The molecule has 1 aliphatic heterocycles. The van der Waals surface area contributed by atoms with E-state index in [0.717, 1.165) is 31.0 Å². The van der Waals surface area contributed by atoms with E-state index in [9.17, 15) is 5.11 Å². The maximum Gasteiger partial charge on any atom is 0.0586 e. The van der Waals surface area contributed by atoms with E-state index >= 15 is 0 Å². The van der Waals surface area contributed by atoms with Gasteiger partial charge >= 0.3 is 0 Å². The molecule has 4 heteroatoms. The van der Waals surface area contributed by atoms with Crippen LogP contribution in [0.2, 0.25) is 5.02 Å². The number of aliphatic hydroxyl groups is 1. The van der Waals surface area contributed by atoms with Gasteiger partial charge in [-0.3, -0.25) is 4.90 Å². The fourth-order valence-electron chi connectivity index (χ4n) is 2.89. The molecular formula is C15H23ClN2O. The minimum absolute atomic E-state index is 0.279. The molecular weight excluding hydrogens is 260 g/mol. The maximum atomic E-state index is 9.34. The minimum atomic E-state index is 0.279. The molecule has 2 atom stereocenters. The normalized spacial score (nSPS) is 21.7. The standard InChI is InChI=1S/C15H23ClN2O/c1-17-15(12-4-2-5-13(16)10-12)7-9-18-8-3-6-14(18)11-19/h2,4-5,10,14-15,17,19H,3,6-9,11H2,1H3. The number of hydrogen-bond acceptors (Lipinski definition) is 3. The molecule has 0 amide bonds. The number of hydrogen-bond donors (Lipinski definition) is 2. The second-order valence-corrected chi connectivity index (χ2v) is 5.64. The third-order valence-electron chi connectivity index (χ3n) is 4.01. The molecule has 1 aliphatic rings. The van der Waals surface area contributed by atoms with Gasteiger partial charge < -0.3 is 10.4 Å². The van der Waals surface area contributed by atoms with Crippen LogP contribution in [0.25, 0.3) is 0 Å². The van der Waals surface area contributed by atoms with Crippen molar-refractivity contribution in [2.75, 3.05) is 26.7 Å². The SMILES string of the molecule is CNC(CCN1CCCC1CO)c1cccc(Cl)c1. The molecule has 1 saturated heterocycles. The second kappa shape index (κ2) is 7.25. The van der Waals surface area contributed by atoms with Gasteiger partial charge in [-0.1, -0.05) is 23.7 Å². The summed E-state index contributed by atoms with van der Waals surface area (Å²) in [6, 6.07) is 8.71. The lowest BCUT2D eigenvalue weighted by molar-refractivity contribution is 0.154. The van der Waals surface area contributed by atoms with Gasteiger partial charge in [0.1, 0.15) is 0 Å². The van der Waals surface area contributed by atoms with Gasteiger partial charge in [0, 0.05) is 23.7 Å². The molecule has 19 heavy (non-hydrogen) atoms. The molecule has 0 bridgehead atoms. The Labute approximate surface area is 120 Å². The first-order valence-corrected chi connectivity index (χ1v) is 7.40. The van der Waals surface area contributed by atoms with Gasteiger partial charge in [0.05, 0.1) is 6.61 Å². The van der Waals surface area contributed by atoms with E-state index in [0.29, 0.717) is 12.1 Å². The molecule has 0 radical (unpaired) electrons. The molecule has 1 fully saturated rings. The van der Waals surface area contributed by atoms with Crippen molar-refractivity contribution < 1.29 is 5.11 Å². The lowest BCUT2D eigenvalue weighted by atomic mass is 10.0. The number of benzene rings is 1. The second-order valence-electron chi connectivity index (χ2n) is 5.20. The maximum absolute atomic E-state index is 9.34. The van der Waals surface area contributed by atoms with Crippen LogP contribution in [0.1, 0.15) is 30.9 Å². The van der Waals surface area contributed by atoms with E-state index in [1.54, 1.807) is 0 Å². The number of rotatable bonds is 6. The fraction of sp³-hybridized carbons (Fsp3) is 0.600. The van der Waals surface area contributed by atoms with Gasteiger partial charge in [-0.15, -0.1) is 0 Å². The molecule has 1 aromatic rings. The van der Waals surface area contributed by atoms with Crippen molar-refractivity contribution in [1.82, 2.24) is 10.2 Å². The first-order valence-electron chi connectivity index (χ1n) is 7.02. The van der Waals surface area contributed by atoms with Crippen LogP contribution in [-0.2, 0) is 0 Å². The van der Waals surface area contributed by atoms with Crippen LogP contribution in [0.3, 0.4) is 0 Å². The minimum Gasteiger partial charge on any atom is -0.395 e. The lowest BCUT2D eigenvalue weighted by Crippen LogP contribution is -2.34. The molecule has 3 nitrogen and oxygen atoms in total. The molecule has 1 heterocycles. The van der Waals surface area contributed by atoms with Gasteiger partial charge in [-0.2, -0.15) is 0 Å². The van der Waals surface area contributed by atoms with Crippen molar-refractivity contribution in [3.8, 4) is 0 Å². The number of nitrogens with one attached hydrogen (secondary N) is 1. The van der Waals surface area contributed by atoms with Crippen molar-refractivity contribution in [1.29, 1.82) is 0 Å². The van der Waals surface area contributed by atoms with Gasteiger partial charge in [-0.25, -0.2) is 0 Å². The van der Waals surface area contributed by atoms with Gasteiger partial charge in [0.25, 0.3) is 0 Å². The highest BCUT2D eigenvalue weighted by molar-refractivity contribution is 6.30. The number of aliphatic hydroxyl groups excluding tert-OH is 1. The molecule has 0 aliphatic carbocycles. The molecule has 0 saturated carbocycles. The molecule has 2 N–H and O–H groups in total. The van der Waals surface area contributed by atoms with E-state index in [2.05, 4.69) is 16.3 Å². The number of nitrogens with zero attached hydrogens (tertiary/aromatic N) is 1. The molecule has 106 valence electrons. The van der Waals surface area contributed by atoms with Crippen LogP contribution >= 0.6 is 11.6 Å². The average Bonchev–Trinajstić information content (AvgIpc) is 2.87. The Kier molecular flexibility index (Phi) is 5.64. The Balaban J connectivity index is 1.92. The number of likely N-dealkylation sites (tertiary alicyclic amines) is 1. The quantitative estimate of drug-likeness (QED) is 0.841. The van der Waals surface area contributed by atoms with E-state index in [1.807, 2.05) is 25.2 Å². The van der Waals surface area contributed by atoms with Crippen LogP contribution in [-0.4, -0.2) is 42.8 Å². The fourth-order valence-corrected chi connectivity index (χ4v) is 3.09.